The minimum Gasteiger partial charge on any atom is -0.300 e. The Balaban J connectivity index is 3.07. The van der Waals surface area contributed by atoms with Gasteiger partial charge in [-0.1, -0.05) is 0 Å². The number of nitrogens with zero attached hydrogens (tertiary/aromatic N) is 1. The number of carbonyl (C=O) groups is 1. The SMILES string of the molecule is [2H]C([2H])([2H])C(=O)C([2H])([2H])C(F)c1ccc([N+](=O)[O-])cc1. The number of hydrogen-bond donors (Lipinski definition) is 0. The van der Waals surface area contributed by atoms with E-state index in [2.05, 4.69) is 0 Å². The molecule has 0 aliphatic heterocycles. The Morgan fingerprint density at radius 2 is 2.27 bits per heavy atom. The van der Waals surface area contributed by atoms with E-state index in [1.807, 2.05) is 0 Å². The summed E-state index contributed by atoms with van der Waals surface area (Å²) in [5, 5.41) is 10.4. The maximum atomic E-state index is 14.0. The highest BCUT2D eigenvalue weighted by atomic mass is 19.1. The van der Waals surface area contributed by atoms with Crippen molar-refractivity contribution < 1.29 is 21.0 Å². The summed E-state index contributed by atoms with van der Waals surface area (Å²) in [6.07, 6.45) is -5.78. The lowest BCUT2D eigenvalue weighted by molar-refractivity contribution is -0.384. The number of non-ortho nitro benzene ring substituents is 1. The predicted molar refractivity (Wildman–Crippen MR) is 52.2 cm³/mol. The molecule has 1 unspecified atom stereocenters. The quantitative estimate of drug-likeness (QED) is 0.574. The summed E-state index contributed by atoms with van der Waals surface area (Å²) in [6.45, 7) is -3.27. The maximum Gasteiger partial charge on any atom is 0.269 e. The molecular formula is C10H10FNO3. The molecule has 15 heavy (non-hydrogen) atoms. The van der Waals surface area contributed by atoms with Crippen LogP contribution in [0.3, 0.4) is 0 Å². The number of alkyl halides is 1. The molecule has 1 rings (SSSR count). The summed E-state index contributed by atoms with van der Waals surface area (Å²) in [5.74, 6) is -1.85. The molecule has 4 nitrogen and oxygen atoms in total. The summed E-state index contributed by atoms with van der Waals surface area (Å²) in [4.78, 5) is 21.1. The standard InChI is InChI=1S/C10H10FNO3/c1-7(13)6-10(11)8-2-4-9(5-3-8)12(14)15/h2-5,10H,6H2,1H3/i1D3,6D2. The molecule has 0 bridgehead atoms. The molecule has 80 valence electrons. The molecule has 1 atom stereocenters. The zero-order chi connectivity index (χ0) is 15.7. The summed E-state index contributed by atoms with van der Waals surface area (Å²) in [6, 6.07) is 3.76. The minimum absolute atomic E-state index is 0.330. The highest BCUT2D eigenvalue weighted by Gasteiger charge is 2.13. The van der Waals surface area contributed by atoms with Gasteiger partial charge in [-0.3, -0.25) is 14.9 Å². The molecule has 1 aromatic rings. The number of halogens is 1. The van der Waals surface area contributed by atoms with Crippen LogP contribution in [0.5, 0.6) is 0 Å². The number of Topliss-reactive ketones (excluding diaryl/α,β-unsaturated/α-hetero) is 1. The first-order chi connectivity index (χ1) is 8.98. The van der Waals surface area contributed by atoms with E-state index in [-0.39, 0.29) is 11.3 Å². The van der Waals surface area contributed by atoms with Crippen LogP contribution >= 0.6 is 0 Å². The van der Waals surface area contributed by atoms with Gasteiger partial charge in [0.15, 0.2) is 0 Å². The molecule has 0 fully saturated rings. The van der Waals surface area contributed by atoms with Crippen LogP contribution in [-0.2, 0) is 4.79 Å². The third-order valence-electron chi connectivity index (χ3n) is 1.65. The van der Waals surface area contributed by atoms with Crippen molar-refractivity contribution in [3.8, 4) is 0 Å². The van der Waals surface area contributed by atoms with Gasteiger partial charge in [-0.15, -0.1) is 0 Å². The fraction of sp³-hybridized carbons (Fsp3) is 0.300. The second kappa shape index (κ2) is 4.63. The molecule has 0 radical (unpaired) electrons. The second-order valence-corrected chi connectivity index (χ2v) is 2.68. The fourth-order valence-electron chi connectivity index (χ4n) is 0.963. The van der Waals surface area contributed by atoms with E-state index in [0.717, 1.165) is 24.3 Å². The average Bonchev–Trinajstić information content (AvgIpc) is 2.35. The summed E-state index contributed by atoms with van der Waals surface area (Å²) < 4.78 is 49.1. The number of ketones is 1. The summed E-state index contributed by atoms with van der Waals surface area (Å²) in [7, 11) is 0. The van der Waals surface area contributed by atoms with E-state index >= 15 is 0 Å². The first-order valence-electron chi connectivity index (χ1n) is 6.41. The monoisotopic (exact) mass is 216 g/mol. The van der Waals surface area contributed by atoms with Crippen LogP contribution in [0.4, 0.5) is 10.1 Å². The Labute approximate surface area is 92.9 Å². The highest BCUT2D eigenvalue weighted by Crippen LogP contribution is 2.23. The molecule has 0 aliphatic carbocycles. The van der Waals surface area contributed by atoms with Crippen LogP contribution in [0.25, 0.3) is 0 Å². The molecule has 0 heterocycles. The smallest absolute Gasteiger partial charge is 0.269 e. The Hall–Kier alpha value is -1.78. The Morgan fingerprint density at radius 3 is 2.73 bits per heavy atom. The van der Waals surface area contributed by atoms with E-state index < -0.39 is 30.1 Å². The Bertz CT molecular complexity index is 529. The van der Waals surface area contributed by atoms with E-state index in [0.29, 0.717) is 0 Å². The molecule has 0 amide bonds. The van der Waals surface area contributed by atoms with Crippen LogP contribution < -0.4 is 0 Å². The number of hydrogen-bond acceptors (Lipinski definition) is 3. The largest absolute Gasteiger partial charge is 0.300 e. The lowest BCUT2D eigenvalue weighted by atomic mass is 10.1. The van der Waals surface area contributed by atoms with Gasteiger partial charge in [0, 0.05) is 25.4 Å². The van der Waals surface area contributed by atoms with Gasteiger partial charge in [-0.2, -0.15) is 0 Å². The van der Waals surface area contributed by atoms with Gasteiger partial charge in [0.2, 0.25) is 0 Å². The summed E-state index contributed by atoms with van der Waals surface area (Å²) >= 11 is 0. The van der Waals surface area contributed by atoms with E-state index in [1.54, 1.807) is 0 Å². The Kier molecular flexibility index (Phi) is 1.84. The minimum atomic E-state index is -3.27. The highest BCUT2D eigenvalue weighted by molar-refractivity contribution is 5.76. The Morgan fingerprint density at radius 1 is 1.67 bits per heavy atom. The molecule has 1 aromatic carbocycles. The van der Waals surface area contributed by atoms with Crippen molar-refractivity contribution in [1.82, 2.24) is 0 Å². The average molecular weight is 216 g/mol. The second-order valence-electron chi connectivity index (χ2n) is 2.68. The number of carbonyl (C=O) groups excluding carboxylic acids is 1. The lowest BCUT2D eigenvalue weighted by Crippen LogP contribution is -1.99. The van der Waals surface area contributed by atoms with Crippen LogP contribution in [0.15, 0.2) is 24.3 Å². The van der Waals surface area contributed by atoms with Crippen molar-refractivity contribution in [3.63, 3.8) is 0 Å². The van der Waals surface area contributed by atoms with Crippen LogP contribution in [0.1, 0.15) is 31.8 Å². The van der Waals surface area contributed by atoms with Crippen molar-refractivity contribution in [2.45, 2.75) is 19.4 Å². The maximum absolute atomic E-state index is 14.0. The first-order valence-corrected chi connectivity index (χ1v) is 3.91. The number of benzene rings is 1. The van der Waals surface area contributed by atoms with Gasteiger partial charge >= 0.3 is 0 Å². The first kappa shape index (κ1) is 5.95. The van der Waals surface area contributed by atoms with E-state index in [1.165, 1.54) is 0 Å². The molecule has 0 aromatic heterocycles. The van der Waals surface area contributed by atoms with Crippen LogP contribution in [0, 0.1) is 10.1 Å². The van der Waals surface area contributed by atoms with Crippen LogP contribution in [-0.4, -0.2) is 10.7 Å². The van der Waals surface area contributed by atoms with E-state index in [4.69, 9.17) is 6.85 Å². The third kappa shape index (κ3) is 3.12. The lowest BCUT2D eigenvalue weighted by Gasteiger charge is -2.05. The molecule has 0 saturated carbocycles. The zero-order valence-electron chi connectivity index (χ0n) is 12.4. The van der Waals surface area contributed by atoms with Crippen molar-refractivity contribution in [3.05, 3.63) is 39.9 Å². The van der Waals surface area contributed by atoms with Crippen molar-refractivity contribution >= 4 is 11.5 Å². The van der Waals surface area contributed by atoms with Crippen molar-refractivity contribution in [2.75, 3.05) is 0 Å². The molecule has 0 N–H and O–H groups in total. The van der Waals surface area contributed by atoms with Gasteiger partial charge in [0.05, 0.1) is 4.92 Å². The van der Waals surface area contributed by atoms with Crippen molar-refractivity contribution in [2.24, 2.45) is 0 Å². The number of nitro benzene ring substituents is 1. The summed E-state index contributed by atoms with van der Waals surface area (Å²) in [5.41, 5.74) is -0.679. The predicted octanol–water partition coefficient (Wildman–Crippen LogP) is 2.58. The van der Waals surface area contributed by atoms with Gasteiger partial charge in [0.1, 0.15) is 12.0 Å². The topological polar surface area (TPSA) is 60.2 Å². The molecule has 5 heteroatoms. The van der Waals surface area contributed by atoms with Gasteiger partial charge in [-0.05, 0) is 24.5 Å². The normalized spacial score (nSPS) is 18.9. The molecule has 0 saturated heterocycles. The van der Waals surface area contributed by atoms with Crippen LogP contribution in [0.2, 0.25) is 0 Å². The van der Waals surface area contributed by atoms with Gasteiger partial charge in [0.25, 0.3) is 5.69 Å². The molecule has 0 aliphatic rings. The zero-order valence-corrected chi connectivity index (χ0v) is 7.44. The molecular weight excluding hydrogens is 201 g/mol. The number of nitro groups is 1. The van der Waals surface area contributed by atoms with Gasteiger partial charge < -0.3 is 0 Å². The van der Waals surface area contributed by atoms with Crippen molar-refractivity contribution in [1.29, 1.82) is 0 Å². The fourth-order valence-corrected chi connectivity index (χ4v) is 0.963. The number of rotatable bonds is 4. The van der Waals surface area contributed by atoms with Gasteiger partial charge in [-0.25, -0.2) is 4.39 Å². The van der Waals surface area contributed by atoms with E-state index in [9.17, 15) is 19.3 Å². The third-order valence-corrected chi connectivity index (χ3v) is 1.65. The molecule has 0 spiro atoms.